The zero-order valence-corrected chi connectivity index (χ0v) is 11.0. The number of aromatic nitrogens is 2. The number of nitrogens with one attached hydrogen (secondary N) is 1. The fourth-order valence-electron chi connectivity index (χ4n) is 1.54. The predicted molar refractivity (Wildman–Crippen MR) is 71.6 cm³/mol. The van der Waals surface area contributed by atoms with Crippen LogP contribution in [0.1, 0.15) is 26.4 Å². The number of hydrogen-bond donors (Lipinski definition) is 2. The van der Waals surface area contributed by atoms with Crippen LogP contribution in [0.25, 0.3) is 0 Å². The summed E-state index contributed by atoms with van der Waals surface area (Å²) in [4.78, 5) is 30.2. The van der Waals surface area contributed by atoms with Crippen molar-refractivity contribution in [3.63, 3.8) is 0 Å². The average molecular weight is 292 g/mol. The molecule has 0 radical (unpaired) electrons. The Bertz CT molecular complexity index is 661. The third kappa shape index (κ3) is 3.52. The van der Waals surface area contributed by atoms with Gasteiger partial charge in [-0.05, 0) is 17.7 Å². The standard InChI is InChI=1S/C13H10ClN3O3/c14-11-7-15-6-10(17-11)12(18)16-5-8-2-1-3-9(4-8)13(19)20/h1-4,6-7H,5H2,(H,16,18)(H,19,20). The van der Waals surface area contributed by atoms with Gasteiger partial charge in [-0.3, -0.25) is 9.78 Å². The molecule has 2 aromatic rings. The van der Waals surface area contributed by atoms with Crippen molar-refractivity contribution in [2.24, 2.45) is 0 Å². The first-order valence-corrected chi connectivity index (χ1v) is 6.02. The van der Waals surface area contributed by atoms with E-state index in [-0.39, 0.29) is 23.0 Å². The molecule has 2 rings (SSSR count). The molecule has 2 N–H and O–H groups in total. The molecule has 1 aromatic carbocycles. The molecule has 6 nitrogen and oxygen atoms in total. The molecule has 1 heterocycles. The van der Waals surface area contributed by atoms with Crippen molar-refractivity contribution >= 4 is 23.5 Å². The van der Waals surface area contributed by atoms with Crippen molar-refractivity contribution in [1.29, 1.82) is 0 Å². The van der Waals surface area contributed by atoms with Crippen LogP contribution in [0.15, 0.2) is 36.7 Å². The molecular weight excluding hydrogens is 282 g/mol. The summed E-state index contributed by atoms with van der Waals surface area (Å²) in [6, 6.07) is 6.31. The number of amides is 1. The van der Waals surface area contributed by atoms with Crippen LogP contribution in [0.3, 0.4) is 0 Å². The Balaban J connectivity index is 2.03. The van der Waals surface area contributed by atoms with Gasteiger partial charge in [0.25, 0.3) is 5.91 Å². The summed E-state index contributed by atoms with van der Waals surface area (Å²) >= 11 is 5.64. The highest BCUT2D eigenvalue weighted by atomic mass is 35.5. The predicted octanol–water partition coefficient (Wildman–Crippen LogP) is 1.76. The maximum absolute atomic E-state index is 11.8. The lowest BCUT2D eigenvalue weighted by atomic mass is 10.1. The van der Waals surface area contributed by atoms with E-state index in [1.807, 2.05) is 0 Å². The fourth-order valence-corrected chi connectivity index (χ4v) is 1.69. The van der Waals surface area contributed by atoms with Gasteiger partial charge in [-0.25, -0.2) is 9.78 Å². The van der Waals surface area contributed by atoms with Crippen LogP contribution in [0, 0.1) is 0 Å². The van der Waals surface area contributed by atoms with E-state index in [0.29, 0.717) is 5.56 Å². The highest BCUT2D eigenvalue weighted by Crippen LogP contribution is 2.06. The number of benzene rings is 1. The van der Waals surface area contributed by atoms with Crippen LogP contribution in [0.4, 0.5) is 0 Å². The summed E-state index contributed by atoms with van der Waals surface area (Å²) < 4.78 is 0. The lowest BCUT2D eigenvalue weighted by Gasteiger charge is -2.05. The van der Waals surface area contributed by atoms with Gasteiger partial charge >= 0.3 is 5.97 Å². The van der Waals surface area contributed by atoms with Crippen LogP contribution >= 0.6 is 11.6 Å². The minimum atomic E-state index is -1.01. The fraction of sp³-hybridized carbons (Fsp3) is 0.0769. The van der Waals surface area contributed by atoms with E-state index in [2.05, 4.69) is 15.3 Å². The number of nitrogens with zero attached hydrogens (tertiary/aromatic N) is 2. The monoisotopic (exact) mass is 291 g/mol. The van der Waals surface area contributed by atoms with E-state index in [0.717, 1.165) is 0 Å². The summed E-state index contributed by atoms with van der Waals surface area (Å²) in [7, 11) is 0. The van der Waals surface area contributed by atoms with Gasteiger partial charge < -0.3 is 10.4 Å². The van der Waals surface area contributed by atoms with Crippen molar-refractivity contribution in [3.05, 3.63) is 58.6 Å². The van der Waals surface area contributed by atoms with Crippen LogP contribution in [0.5, 0.6) is 0 Å². The summed E-state index contributed by atoms with van der Waals surface area (Å²) in [6.07, 6.45) is 2.63. The van der Waals surface area contributed by atoms with Gasteiger partial charge in [-0.2, -0.15) is 0 Å². The first-order valence-electron chi connectivity index (χ1n) is 5.64. The molecule has 0 spiro atoms. The molecule has 7 heteroatoms. The Morgan fingerprint density at radius 3 is 2.80 bits per heavy atom. The van der Waals surface area contributed by atoms with Gasteiger partial charge in [0, 0.05) is 6.54 Å². The molecule has 0 aliphatic heterocycles. The Hall–Kier alpha value is -2.47. The van der Waals surface area contributed by atoms with Gasteiger partial charge in [-0.15, -0.1) is 0 Å². The van der Waals surface area contributed by atoms with Crippen LogP contribution in [-0.2, 0) is 6.54 Å². The number of carbonyl (C=O) groups is 2. The SMILES string of the molecule is O=C(O)c1cccc(CNC(=O)c2cncc(Cl)n2)c1. The molecule has 0 saturated heterocycles. The topological polar surface area (TPSA) is 92.2 Å². The number of carbonyl (C=O) groups excluding carboxylic acids is 1. The summed E-state index contributed by atoms with van der Waals surface area (Å²) in [5.74, 6) is -1.44. The minimum Gasteiger partial charge on any atom is -0.478 e. The summed E-state index contributed by atoms with van der Waals surface area (Å²) in [6.45, 7) is 0.189. The average Bonchev–Trinajstić information content (AvgIpc) is 2.45. The minimum absolute atomic E-state index is 0.104. The lowest BCUT2D eigenvalue weighted by Crippen LogP contribution is -2.24. The number of carboxylic acid groups (broad SMARTS) is 1. The number of rotatable bonds is 4. The molecule has 20 heavy (non-hydrogen) atoms. The molecule has 0 fully saturated rings. The summed E-state index contributed by atoms with van der Waals surface area (Å²) in [5.41, 5.74) is 0.944. The van der Waals surface area contributed by atoms with E-state index < -0.39 is 11.9 Å². The van der Waals surface area contributed by atoms with Gasteiger partial charge in [0.05, 0.1) is 18.0 Å². The molecule has 0 unspecified atom stereocenters. The molecule has 1 aromatic heterocycles. The van der Waals surface area contributed by atoms with Crippen molar-refractivity contribution in [1.82, 2.24) is 15.3 Å². The third-order valence-corrected chi connectivity index (χ3v) is 2.65. The highest BCUT2D eigenvalue weighted by Gasteiger charge is 2.09. The van der Waals surface area contributed by atoms with E-state index in [4.69, 9.17) is 16.7 Å². The van der Waals surface area contributed by atoms with E-state index >= 15 is 0 Å². The Morgan fingerprint density at radius 1 is 1.30 bits per heavy atom. The van der Waals surface area contributed by atoms with Crippen molar-refractivity contribution in [3.8, 4) is 0 Å². The van der Waals surface area contributed by atoms with Crippen molar-refractivity contribution in [2.75, 3.05) is 0 Å². The zero-order chi connectivity index (χ0) is 14.5. The van der Waals surface area contributed by atoms with Crippen molar-refractivity contribution in [2.45, 2.75) is 6.54 Å². The Kier molecular flexibility index (Phi) is 4.27. The first kappa shape index (κ1) is 14.0. The van der Waals surface area contributed by atoms with Gasteiger partial charge in [0.1, 0.15) is 10.8 Å². The molecule has 0 aliphatic rings. The third-order valence-electron chi connectivity index (χ3n) is 2.46. The number of carboxylic acids is 1. The number of hydrogen-bond acceptors (Lipinski definition) is 4. The second-order valence-corrected chi connectivity index (χ2v) is 4.30. The Labute approximate surface area is 119 Å². The van der Waals surface area contributed by atoms with Gasteiger partial charge in [-0.1, -0.05) is 23.7 Å². The maximum atomic E-state index is 11.8. The molecule has 1 amide bonds. The lowest BCUT2D eigenvalue weighted by molar-refractivity contribution is 0.0696. The molecule has 0 saturated carbocycles. The van der Waals surface area contributed by atoms with E-state index in [1.54, 1.807) is 12.1 Å². The second-order valence-electron chi connectivity index (χ2n) is 3.92. The van der Waals surface area contributed by atoms with E-state index in [9.17, 15) is 9.59 Å². The zero-order valence-electron chi connectivity index (χ0n) is 10.2. The van der Waals surface area contributed by atoms with Crippen LogP contribution in [0.2, 0.25) is 5.15 Å². The van der Waals surface area contributed by atoms with Crippen LogP contribution < -0.4 is 5.32 Å². The number of halogens is 1. The molecule has 0 bridgehead atoms. The van der Waals surface area contributed by atoms with Crippen molar-refractivity contribution < 1.29 is 14.7 Å². The first-order chi connectivity index (χ1) is 9.56. The highest BCUT2D eigenvalue weighted by molar-refractivity contribution is 6.29. The molecule has 0 atom stereocenters. The van der Waals surface area contributed by atoms with Gasteiger partial charge in [0.2, 0.25) is 0 Å². The second kappa shape index (κ2) is 6.12. The quantitative estimate of drug-likeness (QED) is 0.895. The largest absolute Gasteiger partial charge is 0.478 e. The van der Waals surface area contributed by atoms with Gasteiger partial charge in [0.15, 0.2) is 0 Å². The molecule has 0 aliphatic carbocycles. The molecule has 102 valence electrons. The number of aromatic carboxylic acids is 1. The normalized spacial score (nSPS) is 10.1. The maximum Gasteiger partial charge on any atom is 0.335 e. The molecular formula is C13H10ClN3O3. The smallest absolute Gasteiger partial charge is 0.335 e. The summed E-state index contributed by atoms with van der Waals surface area (Å²) in [5, 5.41) is 11.6. The Morgan fingerprint density at radius 2 is 2.10 bits per heavy atom. The van der Waals surface area contributed by atoms with Crippen LogP contribution in [-0.4, -0.2) is 27.0 Å². The van der Waals surface area contributed by atoms with E-state index in [1.165, 1.54) is 24.5 Å².